The zero-order chi connectivity index (χ0) is 43.3. The molecule has 0 bridgehead atoms. The zero-order valence-corrected chi connectivity index (χ0v) is 35.8. The average Bonchev–Trinajstić information content (AvgIpc) is 3.93. The van der Waals surface area contributed by atoms with Crippen LogP contribution in [0.25, 0.3) is 34.4 Å². The highest BCUT2D eigenvalue weighted by Gasteiger charge is 2.29. The van der Waals surface area contributed by atoms with E-state index >= 15 is 0 Å². The van der Waals surface area contributed by atoms with Crippen molar-refractivity contribution in [2.45, 2.75) is 39.0 Å². The molecule has 12 nitrogen and oxygen atoms in total. The maximum atomic E-state index is 13.7. The smallest absolute Gasteiger partial charge is 0.334 e. The van der Waals surface area contributed by atoms with Gasteiger partial charge in [-0.15, -0.1) is 0 Å². The lowest BCUT2D eigenvalue weighted by Crippen LogP contribution is -2.29. The van der Waals surface area contributed by atoms with Gasteiger partial charge in [0.25, 0.3) is 11.8 Å². The highest BCUT2D eigenvalue weighted by atomic mass is 16.5. The minimum Gasteiger partial charge on any atom is -0.463 e. The number of fused-ring (bicyclic) bond motifs is 2. The number of likely N-dealkylation sites (tertiary alicyclic amines) is 2. The van der Waals surface area contributed by atoms with Crippen LogP contribution in [0.1, 0.15) is 70.9 Å². The fourth-order valence-electron chi connectivity index (χ4n) is 8.35. The van der Waals surface area contributed by atoms with Gasteiger partial charge in [0.2, 0.25) is 0 Å². The number of rotatable bonds is 9. The first-order valence-electron chi connectivity index (χ1n) is 21.4. The van der Waals surface area contributed by atoms with E-state index in [9.17, 15) is 19.2 Å². The highest BCUT2D eigenvalue weighted by molar-refractivity contribution is 6.09. The molecule has 4 aliphatic heterocycles. The largest absolute Gasteiger partial charge is 0.463 e. The normalized spacial score (nSPS) is 17.7. The van der Waals surface area contributed by atoms with Crippen molar-refractivity contribution in [1.82, 2.24) is 14.7 Å². The van der Waals surface area contributed by atoms with Gasteiger partial charge >= 0.3 is 11.9 Å². The zero-order valence-electron chi connectivity index (χ0n) is 35.8. The van der Waals surface area contributed by atoms with E-state index in [1.54, 1.807) is 14.0 Å². The number of hydrogen-bond acceptors (Lipinski definition) is 9. The van der Waals surface area contributed by atoms with Gasteiger partial charge in [-0.2, -0.15) is 0 Å². The number of nitrogens with one attached hydrogen (secondary N) is 1. The minimum atomic E-state index is -0.410. The molecule has 1 N–H and O–H groups in total. The van der Waals surface area contributed by atoms with Crippen molar-refractivity contribution in [2.75, 3.05) is 65.9 Å². The van der Waals surface area contributed by atoms with Crippen LogP contribution in [0.3, 0.4) is 0 Å². The van der Waals surface area contributed by atoms with Gasteiger partial charge in [-0.25, -0.2) is 14.6 Å². The Morgan fingerprint density at radius 2 is 1.31 bits per heavy atom. The molecule has 0 spiro atoms. The molecular formula is C50H52N6O6. The second-order valence-corrected chi connectivity index (χ2v) is 16.4. The molecule has 4 aromatic carbocycles. The SMILES string of the molecule is CCOC(=O)C1=Cc2cc(-c3ccc(C(=O)N4CCC(COC(=O)C5=Cc6cc(-c7ccc(C(=O)N8CCCC8)cc7)ccc6NC(=NC)C5)C4)cc3)ccc2N=C(N(C)C)C1. The maximum Gasteiger partial charge on any atom is 0.334 e. The van der Waals surface area contributed by atoms with Crippen molar-refractivity contribution >= 4 is 59.0 Å². The molecule has 1 atom stereocenters. The standard InChI is InChI=1S/C50H52N6O6/c1-5-61-49(59)42-27-40-25-38(17-19-44(40)53-46(29-42)54(3)4)34-10-14-36(15-11-34)48(58)56-23-20-32(30-56)31-62-50(60)41-26-39-24-37(16-18-43(39)52-45(28-41)51-2)33-8-12-35(13-9-33)47(57)55-21-6-7-22-55/h8-19,24-27,32H,5-7,20-23,28-31H2,1-4H3,(H,51,52). The van der Waals surface area contributed by atoms with Crippen LogP contribution < -0.4 is 5.32 Å². The van der Waals surface area contributed by atoms with Crippen LogP contribution in [0.2, 0.25) is 0 Å². The fraction of sp³-hybridized carbons (Fsp3) is 0.320. The Balaban J connectivity index is 0.897. The summed E-state index contributed by atoms with van der Waals surface area (Å²) in [5, 5.41) is 3.37. The van der Waals surface area contributed by atoms with Crippen LogP contribution in [0, 0.1) is 5.92 Å². The molecule has 8 rings (SSSR count). The number of carbonyl (C=O) groups excluding carboxylic acids is 4. The van der Waals surface area contributed by atoms with Gasteiger partial charge in [0, 0.05) is 99.6 Å². The second kappa shape index (κ2) is 18.4. The maximum absolute atomic E-state index is 13.7. The lowest BCUT2D eigenvalue weighted by atomic mass is 9.99. The lowest BCUT2D eigenvalue weighted by Gasteiger charge is -2.17. The van der Waals surface area contributed by atoms with E-state index in [1.807, 2.05) is 126 Å². The summed E-state index contributed by atoms with van der Waals surface area (Å²) in [4.78, 5) is 67.8. The summed E-state index contributed by atoms with van der Waals surface area (Å²) >= 11 is 0. The number of benzene rings is 4. The summed E-state index contributed by atoms with van der Waals surface area (Å²) in [7, 11) is 5.51. The molecule has 12 heteroatoms. The van der Waals surface area contributed by atoms with Gasteiger partial charge in [0.15, 0.2) is 0 Å². The topological polar surface area (TPSA) is 133 Å². The number of esters is 2. The third-order valence-electron chi connectivity index (χ3n) is 11.9. The predicted octanol–water partition coefficient (Wildman–Crippen LogP) is 8.13. The van der Waals surface area contributed by atoms with E-state index in [-0.39, 0.29) is 30.3 Å². The van der Waals surface area contributed by atoms with Crippen molar-refractivity contribution < 1.29 is 28.7 Å². The van der Waals surface area contributed by atoms with Crippen LogP contribution in [0.15, 0.2) is 106 Å². The van der Waals surface area contributed by atoms with Crippen molar-refractivity contribution in [3.8, 4) is 22.3 Å². The van der Waals surface area contributed by atoms with Crippen molar-refractivity contribution in [1.29, 1.82) is 0 Å². The molecule has 62 heavy (non-hydrogen) atoms. The molecule has 2 fully saturated rings. The molecule has 2 saturated heterocycles. The van der Waals surface area contributed by atoms with E-state index in [4.69, 9.17) is 14.5 Å². The van der Waals surface area contributed by atoms with Gasteiger partial charge in [-0.05, 0) is 115 Å². The second-order valence-electron chi connectivity index (χ2n) is 16.4. The molecule has 0 aromatic heterocycles. The number of nitrogens with zero attached hydrogens (tertiary/aromatic N) is 5. The van der Waals surface area contributed by atoms with Crippen molar-refractivity contribution in [3.63, 3.8) is 0 Å². The fourth-order valence-corrected chi connectivity index (χ4v) is 8.35. The first kappa shape index (κ1) is 41.9. The van der Waals surface area contributed by atoms with Gasteiger partial charge in [0.1, 0.15) is 11.7 Å². The number of amidine groups is 2. The van der Waals surface area contributed by atoms with Gasteiger partial charge in [-0.3, -0.25) is 14.6 Å². The van der Waals surface area contributed by atoms with Gasteiger partial charge < -0.3 is 29.5 Å². The van der Waals surface area contributed by atoms with Crippen LogP contribution >= 0.6 is 0 Å². The summed E-state index contributed by atoms with van der Waals surface area (Å²) in [5.41, 5.74) is 9.36. The number of hydrogen-bond donors (Lipinski definition) is 1. The Morgan fingerprint density at radius 3 is 1.95 bits per heavy atom. The number of carbonyl (C=O) groups is 4. The Hall–Kier alpha value is -6.82. The number of anilines is 1. The summed E-state index contributed by atoms with van der Waals surface area (Å²) in [5.74, 6) is 0.668. The Labute approximate surface area is 362 Å². The molecule has 0 saturated carbocycles. The van der Waals surface area contributed by atoms with Gasteiger partial charge in [-0.1, -0.05) is 36.4 Å². The molecule has 2 amide bonds. The number of ether oxygens (including phenoxy) is 2. The Kier molecular flexibility index (Phi) is 12.5. The summed E-state index contributed by atoms with van der Waals surface area (Å²) < 4.78 is 11.2. The average molecular weight is 833 g/mol. The van der Waals surface area contributed by atoms with Crippen molar-refractivity contribution in [3.05, 3.63) is 118 Å². The van der Waals surface area contributed by atoms with E-state index in [1.165, 1.54) is 0 Å². The number of amides is 2. The molecule has 318 valence electrons. The quantitative estimate of drug-likeness (QED) is 0.167. The summed E-state index contributed by atoms with van der Waals surface area (Å²) in [6, 6.07) is 27.2. The highest BCUT2D eigenvalue weighted by Crippen LogP contribution is 2.34. The number of aliphatic imine (C=N–C) groups is 2. The van der Waals surface area contributed by atoms with Crippen LogP contribution in [-0.4, -0.2) is 111 Å². The van der Waals surface area contributed by atoms with E-state index in [0.717, 1.165) is 82.9 Å². The Morgan fingerprint density at radius 1 is 0.726 bits per heavy atom. The molecule has 4 aromatic rings. The molecule has 1 unspecified atom stereocenters. The lowest BCUT2D eigenvalue weighted by molar-refractivity contribution is -0.140. The van der Waals surface area contributed by atoms with Crippen LogP contribution in [0.5, 0.6) is 0 Å². The van der Waals surface area contributed by atoms with E-state index in [2.05, 4.69) is 10.3 Å². The third kappa shape index (κ3) is 9.24. The van der Waals surface area contributed by atoms with Gasteiger partial charge in [0.05, 0.1) is 18.9 Å². The van der Waals surface area contributed by atoms with Crippen molar-refractivity contribution in [2.24, 2.45) is 15.9 Å². The molecule has 0 radical (unpaired) electrons. The summed E-state index contributed by atoms with van der Waals surface area (Å²) in [6.07, 6.45) is 7.21. The predicted molar refractivity (Wildman–Crippen MR) is 243 cm³/mol. The molecule has 4 heterocycles. The molecular weight excluding hydrogens is 781 g/mol. The minimum absolute atomic E-state index is 0.00741. The third-order valence-corrected chi connectivity index (χ3v) is 11.9. The van der Waals surface area contributed by atoms with E-state index < -0.39 is 5.97 Å². The molecule has 4 aliphatic rings. The van der Waals surface area contributed by atoms with E-state index in [0.29, 0.717) is 60.6 Å². The summed E-state index contributed by atoms with van der Waals surface area (Å²) in [6.45, 7) is 4.96. The monoisotopic (exact) mass is 832 g/mol. The molecule has 0 aliphatic carbocycles. The van der Waals surface area contributed by atoms with Crippen LogP contribution in [0.4, 0.5) is 11.4 Å². The Bertz CT molecular complexity index is 2510. The van der Waals surface area contributed by atoms with Crippen LogP contribution in [-0.2, 0) is 19.1 Å². The first-order valence-corrected chi connectivity index (χ1v) is 21.4. The first-order chi connectivity index (χ1) is 30.1.